The molecule has 6 heteroatoms. The predicted molar refractivity (Wildman–Crippen MR) is 48.8 cm³/mol. The number of ether oxygens (including phenoxy) is 1. The molecule has 0 saturated heterocycles. The van der Waals surface area contributed by atoms with Crippen LogP contribution in [0.3, 0.4) is 0 Å². The van der Waals surface area contributed by atoms with Crippen LogP contribution in [0, 0.1) is 0 Å². The maximum absolute atomic E-state index is 10.9. The third-order valence-electron chi connectivity index (χ3n) is 1.53. The molecule has 0 bridgehead atoms. The van der Waals surface area contributed by atoms with E-state index in [1.807, 2.05) is 0 Å². The number of methoxy groups -OCH3 is 1. The Bertz CT molecular complexity index is 414. The monoisotopic (exact) mass is 202 g/mol. The van der Waals surface area contributed by atoms with Crippen molar-refractivity contribution in [2.24, 2.45) is 5.14 Å². The van der Waals surface area contributed by atoms with Gasteiger partial charge in [0.25, 0.3) is 0 Å². The molecule has 1 rings (SSSR count). The van der Waals surface area contributed by atoms with Crippen LogP contribution in [0.4, 0.5) is 5.69 Å². The molecule has 0 unspecified atom stereocenters. The van der Waals surface area contributed by atoms with Crippen molar-refractivity contribution in [3.05, 3.63) is 18.2 Å². The Hall–Kier alpha value is -1.27. The van der Waals surface area contributed by atoms with E-state index in [-0.39, 0.29) is 4.90 Å². The van der Waals surface area contributed by atoms with E-state index in [4.69, 9.17) is 15.6 Å². The molecule has 0 aromatic heterocycles. The number of primary sulfonamides is 1. The van der Waals surface area contributed by atoms with Crippen LogP contribution in [0.15, 0.2) is 23.1 Å². The molecule has 0 amide bonds. The van der Waals surface area contributed by atoms with Gasteiger partial charge in [0.2, 0.25) is 10.0 Å². The quantitative estimate of drug-likeness (QED) is 0.656. The molecule has 1 aromatic carbocycles. The van der Waals surface area contributed by atoms with Crippen LogP contribution < -0.4 is 15.6 Å². The van der Waals surface area contributed by atoms with Gasteiger partial charge >= 0.3 is 0 Å². The fraction of sp³-hybridized carbons (Fsp3) is 0.143. The van der Waals surface area contributed by atoms with Crippen LogP contribution in [0.1, 0.15) is 0 Å². The van der Waals surface area contributed by atoms with Crippen LogP contribution in [-0.2, 0) is 10.0 Å². The number of benzene rings is 1. The van der Waals surface area contributed by atoms with E-state index in [1.54, 1.807) is 0 Å². The van der Waals surface area contributed by atoms with E-state index >= 15 is 0 Å². The average molecular weight is 202 g/mol. The van der Waals surface area contributed by atoms with Gasteiger partial charge in [0.1, 0.15) is 5.75 Å². The number of hydrogen-bond donors (Lipinski definition) is 2. The molecule has 0 radical (unpaired) electrons. The van der Waals surface area contributed by atoms with E-state index < -0.39 is 10.0 Å². The second-order valence-electron chi connectivity index (χ2n) is 2.45. The van der Waals surface area contributed by atoms with Gasteiger partial charge in [0.15, 0.2) is 0 Å². The minimum absolute atomic E-state index is 0.0152. The van der Waals surface area contributed by atoms with Crippen molar-refractivity contribution in [3.8, 4) is 5.75 Å². The van der Waals surface area contributed by atoms with Crippen LogP contribution >= 0.6 is 0 Å². The van der Waals surface area contributed by atoms with Gasteiger partial charge in [-0.15, -0.1) is 0 Å². The first-order chi connectivity index (χ1) is 5.95. The Morgan fingerprint density at radius 2 is 2.00 bits per heavy atom. The summed E-state index contributed by atoms with van der Waals surface area (Å²) in [5.41, 5.74) is 5.85. The van der Waals surface area contributed by atoms with Crippen molar-refractivity contribution in [3.63, 3.8) is 0 Å². The molecule has 13 heavy (non-hydrogen) atoms. The van der Waals surface area contributed by atoms with Crippen LogP contribution in [0.2, 0.25) is 0 Å². The Labute approximate surface area is 76.4 Å². The molecule has 4 N–H and O–H groups in total. The number of hydrogen-bond acceptors (Lipinski definition) is 4. The molecule has 0 saturated carbocycles. The molecule has 72 valence electrons. The van der Waals surface area contributed by atoms with Gasteiger partial charge in [0.05, 0.1) is 17.7 Å². The van der Waals surface area contributed by atoms with Gasteiger partial charge in [-0.2, -0.15) is 0 Å². The van der Waals surface area contributed by atoms with Gasteiger partial charge in [0, 0.05) is 6.07 Å². The molecule has 0 aliphatic heterocycles. The molecule has 0 aliphatic carbocycles. The number of sulfonamides is 1. The minimum atomic E-state index is -3.69. The first-order valence-corrected chi connectivity index (χ1v) is 4.96. The van der Waals surface area contributed by atoms with Crippen molar-refractivity contribution < 1.29 is 13.2 Å². The molecular formula is C7H10N2O3S. The second-order valence-corrected chi connectivity index (χ2v) is 4.01. The summed E-state index contributed by atoms with van der Waals surface area (Å²) in [6, 6.07) is 4.04. The maximum Gasteiger partial charge on any atom is 0.238 e. The molecule has 0 atom stereocenters. The summed E-state index contributed by atoms with van der Waals surface area (Å²) >= 11 is 0. The van der Waals surface area contributed by atoms with E-state index in [0.29, 0.717) is 11.4 Å². The highest BCUT2D eigenvalue weighted by atomic mass is 32.2. The molecule has 0 aliphatic rings. The third kappa shape index (κ3) is 2.10. The smallest absolute Gasteiger partial charge is 0.238 e. The van der Waals surface area contributed by atoms with Gasteiger partial charge < -0.3 is 10.5 Å². The van der Waals surface area contributed by atoms with E-state index in [9.17, 15) is 8.42 Å². The molecule has 0 fully saturated rings. The standard InChI is InChI=1S/C7H10N2O3S/c1-12-7-4-5(13(9,10)11)2-3-6(7)8/h2-4H,8H2,1H3,(H2,9,10,11). The van der Waals surface area contributed by atoms with E-state index in [0.717, 1.165) is 0 Å². The third-order valence-corrected chi connectivity index (χ3v) is 2.44. The highest BCUT2D eigenvalue weighted by Crippen LogP contribution is 2.23. The van der Waals surface area contributed by atoms with E-state index in [1.165, 1.54) is 25.3 Å². The predicted octanol–water partition coefficient (Wildman–Crippen LogP) is -0.0752. The summed E-state index contributed by atoms with van der Waals surface area (Å²) in [5, 5.41) is 4.91. The van der Waals surface area contributed by atoms with E-state index in [2.05, 4.69) is 0 Å². The zero-order valence-electron chi connectivity index (χ0n) is 7.02. The van der Waals surface area contributed by atoms with Crippen molar-refractivity contribution in [2.45, 2.75) is 4.90 Å². The Morgan fingerprint density at radius 3 is 2.46 bits per heavy atom. The van der Waals surface area contributed by atoms with Gasteiger partial charge in [-0.25, -0.2) is 13.6 Å². The molecule has 0 heterocycles. The Kier molecular flexibility index (Phi) is 2.44. The fourth-order valence-corrected chi connectivity index (χ4v) is 1.40. The second kappa shape index (κ2) is 3.23. The maximum atomic E-state index is 10.9. The molecular weight excluding hydrogens is 192 g/mol. The lowest BCUT2D eigenvalue weighted by Crippen LogP contribution is -2.12. The number of rotatable bonds is 2. The number of anilines is 1. The molecule has 0 spiro atoms. The highest BCUT2D eigenvalue weighted by Gasteiger charge is 2.09. The summed E-state index contributed by atoms with van der Waals surface area (Å²) in [6.07, 6.45) is 0. The van der Waals surface area contributed by atoms with Crippen molar-refractivity contribution >= 4 is 15.7 Å². The summed E-state index contributed by atoms with van der Waals surface area (Å²) < 4.78 is 26.6. The summed E-state index contributed by atoms with van der Waals surface area (Å²) in [7, 11) is -2.29. The normalized spacial score (nSPS) is 11.2. The summed E-state index contributed by atoms with van der Waals surface area (Å²) in [6.45, 7) is 0. The van der Waals surface area contributed by atoms with Crippen LogP contribution in [0.25, 0.3) is 0 Å². The zero-order chi connectivity index (χ0) is 10.1. The first-order valence-electron chi connectivity index (χ1n) is 3.41. The zero-order valence-corrected chi connectivity index (χ0v) is 7.84. The lowest BCUT2D eigenvalue weighted by molar-refractivity contribution is 0.415. The van der Waals surface area contributed by atoms with Crippen molar-refractivity contribution in [1.29, 1.82) is 0 Å². The Balaban J connectivity index is 3.30. The Morgan fingerprint density at radius 1 is 1.38 bits per heavy atom. The number of nitrogen functional groups attached to an aromatic ring is 1. The molecule has 5 nitrogen and oxygen atoms in total. The van der Waals surface area contributed by atoms with Crippen LogP contribution in [0.5, 0.6) is 5.75 Å². The SMILES string of the molecule is COc1cc(S(N)(=O)=O)ccc1N. The summed E-state index contributed by atoms with van der Waals surface area (Å²) in [5.74, 6) is 0.298. The lowest BCUT2D eigenvalue weighted by atomic mass is 10.3. The average Bonchev–Trinajstić information content (AvgIpc) is 2.03. The lowest BCUT2D eigenvalue weighted by Gasteiger charge is -2.05. The summed E-state index contributed by atoms with van der Waals surface area (Å²) in [4.78, 5) is -0.0152. The first kappa shape index (κ1) is 9.82. The topological polar surface area (TPSA) is 95.4 Å². The van der Waals surface area contributed by atoms with Crippen molar-refractivity contribution in [2.75, 3.05) is 12.8 Å². The van der Waals surface area contributed by atoms with Crippen molar-refractivity contribution in [1.82, 2.24) is 0 Å². The molecule has 1 aromatic rings. The highest BCUT2D eigenvalue weighted by molar-refractivity contribution is 7.89. The number of nitrogens with two attached hydrogens (primary N) is 2. The van der Waals surface area contributed by atoms with Gasteiger partial charge in [-0.05, 0) is 12.1 Å². The van der Waals surface area contributed by atoms with Gasteiger partial charge in [-0.3, -0.25) is 0 Å². The largest absolute Gasteiger partial charge is 0.495 e. The fourth-order valence-electron chi connectivity index (χ4n) is 0.868. The minimum Gasteiger partial charge on any atom is -0.495 e. The van der Waals surface area contributed by atoms with Gasteiger partial charge in [-0.1, -0.05) is 0 Å². The van der Waals surface area contributed by atoms with Crippen LogP contribution in [-0.4, -0.2) is 15.5 Å².